The smallest absolute Gasteiger partial charge is 0.264 e. The summed E-state index contributed by atoms with van der Waals surface area (Å²) in [6.07, 6.45) is 0. The molecule has 1 N–H and O–H groups in total. The summed E-state index contributed by atoms with van der Waals surface area (Å²) in [4.78, 5) is 12.7. The second kappa shape index (κ2) is 9.97. The number of nitrogens with one attached hydrogen (secondary N) is 1. The molecule has 7 nitrogen and oxygen atoms in total. The van der Waals surface area contributed by atoms with Gasteiger partial charge in [0.15, 0.2) is 4.34 Å². The van der Waals surface area contributed by atoms with Crippen LogP contribution in [0.3, 0.4) is 0 Å². The number of benzene rings is 2. The molecule has 3 aromatic rings. The van der Waals surface area contributed by atoms with Crippen molar-refractivity contribution in [2.75, 3.05) is 21.9 Å². The van der Waals surface area contributed by atoms with E-state index in [1.165, 1.54) is 53.4 Å². The predicted octanol–water partition coefficient (Wildman–Crippen LogP) is 4.79. The number of rotatable bonds is 8. The molecule has 0 saturated carbocycles. The van der Waals surface area contributed by atoms with Crippen molar-refractivity contribution in [3.8, 4) is 0 Å². The quantitative estimate of drug-likeness (QED) is 0.351. The normalized spacial score (nSPS) is 11.3. The summed E-state index contributed by atoms with van der Waals surface area (Å²) in [5, 5.41) is 11.2. The van der Waals surface area contributed by atoms with Crippen LogP contribution in [0.25, 0.3) is 0 Å². The van der Waals surface area contributed by atoms with Gasteiger partial charge in [-0.2, -0.15) is 0 Å². The molecule has 0 saturated heterocycles. The maximum atomic E-state index is 13.3. The first-order chi connectivity index (χ1) is 14.3. The third-order valence-electron chi connectivity index (χ3n) is 3.72. The van der Waals surface area contributed by atoms with E-state index in [2.05, 4.69) is 15.5 Å². The fourth-order valence-electron chi connectivity index (χ4n) is 2.43. The van der Waals surface area contributed by atoms with Crippen molar-refractivity contribution in [1.82, 2.24) is 10.2 Å². The number of carbonyl (C=O) groups is 1. The summed E-state index contributed by atoms with van der Waals surface area (Å²) in [6.45, 7) is 1.47. The number of thioether (sulfide) groups is 1. The Morgan fingerprint density at radius 1 is 1.17 bits per heavy atom. The number of anilines is 2. The van der Waals surface area contributed by atoms with Crippen molar-refractivity contribution in [1.29, 1.82) is 0 Å². The maximum Gasteiger partial charge on any atom is 0.264 e. The molecule has 0 bridgehead atoms. The predicted molar refractivity (Wildman–Crippen MR) is 122 cm³/mol. The van der Waals surface area contributed by atoms with Crippen molar-refractivity contribution in [3.05, 3.63) is 58.6 Å². The van der Waals surface area contributed by atoms with Gasteiger partial charge in [0, 0.05) is 5.02 Å². The minimum Gasteiger partial charge on any atom is -0.299 e. The van der Waals surface area contributed by atoms with E-state index in [-0.39, 0.29) is 20.7 Å². The lowest BCUT2D eigenvalue weighted by atomic mass is 10.3. The number of amides is 1. The van der Waals surface area contributed by atoms with Gasteiger partial charge in [-0.1, -0.05) is 71.4 Å². The summed E-state index contributed by atoms with van der Waals surface area (Å²) in [6, 6.07) is 12.2. The van der Waals surface area contributed by atoms with E-state index in [9.17, 15) is 13.2 Å². The zero-order valence-electron chi connectivity index (χ0n) is 15.6. The van der Waals surface area contributed by atoms with Gasteiger partial charge >= 0.3 is 0 Å². The van der Waals surface area contributed by atoms with Crippen LogP contribution in [0.1, 0.15) is 6.92 Å². The Kier molecular flexibility index (Phi) is 7.59. The molecule has 0 aliphatic heterocycles. The van der Waals surface area contributed by atoms with E-state index in [4.69, 9.17) is 23.2 Å². The van der Waals surface area contributed by atoms with E-state index in [1.54, 1.807) is 18.2 Å². The zero-order chi connectivity index (χ0) is 21.7. The van der Waals surface area contributed by atoms with Crippen LogP contribution in [-0.2, 0) is 14.8 Å². The minimum absolute atomic E-state index is 0.0290. The Bertz CT molecular complexity index is 1140. The van der Waals surface area contributed by atoms with Gasteiger partial charge < -0.3 is 0 Å². The van der Waals surface area contributed by atoms with E-state index in [0.29, 0.717) is 9.36 Å². The average Bonchev–Trinajstić information content (AvgIpc) is 3.14. The molecule has 30 heavy (non-hydrogen) atoms. The van der Waals surface area contributed by atoms with Crippen LogP contribution in [0.4, 0.5) is 10.8 Å². The summed E-state index contributed by atoms with van der Waals surface area (Å²) in [7, 11) is -4.07. The van der Waals surface area contributed by atoms with Gasteiger partial charge in [-0.05, 0) is 36.1 Å². The monoisotopic (exact) mass is 502 g/mol. The van der Waals surface area contributed by atoms with Crippen molar-refractivity contribution < 1.29 is 13.2 Å². The highest BCUT2D eigenvalue weighted by molar-refractivity contribution is 8.01. The average molecular weight is 503 g/mol. The first-order valence-corrected chi connectivity index (χ1v) is 12.6. The lowest BCUT2D eigenvalue weighted by molar-refractivity contribution is -0.114. The van der Waals surface area contributed by atoms with E-state index in [0.717, 1.165) is 10.1 Å². The van der Waals surface area contributed by atoms with Gasteiger partial charge in [-0.15, -0.1) is 10.2 Å². The molecule has 0 aliphatic carbocycles. The first-order valence-electron chi connectivity index (χ1n) is 8.60. The molecular weight excluding hydrogens is 487 g/mol. The number of aromatic nitrogens is 2. The number of nitrogens with zero attached hydrogens (tertiary/aromatic N) is 3. The van der Waals surface area contributed by atoms with Crippen LogP contribution < -0.4 is 9.62 Å². The fourth-order valence-corrected chi connectivity index (χ4v) is 6.12. The molecule has 2 aromatic carbocycles. The minimum atomic E-state index is -4.07. The molecular formula is C18H16Cl2N4O3S3. The highest BCUT2D eigenvalue weighted by atomic mass is 35.5. The Labute approximate surface area is 192 Å². The molecule has 0 spiro atoms. The van der Waals surface area contributed by atoms with Crippen molar-refractivity contribution in [3.63, 3.8) is 0 Å². The molecule has 0 atom stereocenters. The Balaban J connectivity index is 1.92. The molecule has 1 heterocycles. The van der Waals surface area contributed by atoms with Crippen molar-refractivity contribution in [2.24, 2.45) is 0 Å². The van der Waals surface area contributed by atoms with Crippen LogP contribution in [0.15, 0.2) is 57.8 Å². The standard InChI is InChI=1S/C18H16Cl2N4O3S3/c1-2-28-18-23-22-17(29-18)21-16(25)11-24(15-9-8-12(19)10-14(15)20)30(26,27)13-6-4-3-5-7-13/h3-10H,2,11H2,1H3,(H,21,22,25). The van der Waals surface area contributed by atoms with E-state index in [1.807, 2.05) is 6.92 Å². The maximum absolute atomic E-state index is 13.3. The second-order valence-corrected chi connectivity index (χ2v) is 11.0. The molecule has 1 aromatic heterocycles. The van der Waals surface area contributed by atoms with Gasteiger partial charge in [-0.3, -0.25) is 14.4 Å². The van der Waals surface area contributed by atoms with Crippen LogP contribution in [0, 0.1) is 0 Å². The largest absolute Gasteiger partial charge is 0.299 e. The fraction of sp³-hybridized carbons (Fsp3) is 0.167. The summed E-state index contributed by atoms with van der Waals surface area (Å²) < 4.78 is 28.2. The SMILES string of the molecule is CCSc1nnc(NC(=O)CN(c2ccc(Cl)cc2Cl)S(=O)(=O)c2ccccc2)s1. The number of hydrogen-bond donors (Lipinski definition) is 1. The van der Waals surface area contributed by atoms with Gasteiger partial charge in [0.25, 0.3) is 10.0 Å². The second-order valence-electron chi connectivity index (χ2n) is 5.77. The molecule has 0 unspecified atom stereocenters. The molecule has 1 amide bonds. The summed E-state index contributed by atoms with van der Waals surface area (Å²) in [5.74, 6) is 0.241. The van der Waals surface area contributed by atoms with Gasteiger partial charge in [-0.25, -0.2) is 8.42 Å². The van der Waals surface area contributed by atoms with E-state index < -0.39 is 22.5 Å². The van der Waals surface area contributed by atoms with Gasteiger partial charge in [0.05, 0.1) is 15.6 Å². The molecule has 0 fully saturated rings. The van der Waals surface area contributed by atoms with Crippen LogP contribution in [-0.4, -0.2) is 36.8 Å². The molecule has 12 heteroatoms. The Hall–Kier alpha value is -1.85. The topological polar surface area (TPSA) is 92.3 Å². The summed E-state index contributed by atoms with van der Waals surface area (Å²) in [5.41, 5.74) is 0.138. The van der Waals surface area contributed by atoms with Crippen molar-refractivity contribution >= 4 is 73.0 Å². The Morgan fingerprint density at radius 3 is 2.57 bits per heavy atom. The number of sulfonamides is 1. The lowest BCUT2D eigenvalue weighted by Gasteiger charge is -2.24. The third-order valence-corrected chi connectivity index (χ3v) is 7.88. The zero-order valence-corrected chi connectivity index (χ0v) is 19.5. The lowest BCUT2D eigenvalue weighted by Crippen LogP contribution is -2.38. The third kappa shape index (κ3) is 5.44. The van der Waals surface area contributed by atoms with Crippen molar-refractivity contribution in [2.45, 2.75) is 16.2 Å². The first kappa shape index (κ1) is 22.8. The van der Waals surface area contributed by atoms with Crippen LogP contribution in [0.5, 0.6) is 0 Å². The van der Waals surface area contributed by atoms with Gasteiger partial charge in [0.2, 0.25) is 11.0 Å². The summed E-state index contributed by atoms with van der Waals surface area (Å²) >= 11 is 14.9. The number of hydrogen-bond acceptors (Lipinski definition) is 7. The van der Waals surface area contributed by atoms with Crippen LogP contribution >= 0.6 is 46.3 Å². The highest BCUT2D eigenvalue weighted by Crippen LogP contribution is 2.33. The van der Waals surface area contributed by atoms with Gasteiger partial charge in [0.1, 0.15) is 6.54 Å². The van der Waals surface area contributed by atoms with Crippen LogP contribution in [0.2, 0.25) is 10.0 Å². The molecule has 158 valence electrons. The van der Waals surface area contributed by atoms with E-state index >= 15 is 0 Å². The molecule has 0 radical (unpaired) electrons. The Morgan fingerprint density at radius 2 is 1.90 bits per heavy atom. The highest BCUT2D eigenvalue weighted by Gasteiger charge is 2.29. The number of halogens is 2. The molecule has 0 aliphatic rings. The number of carbonyl (C=O) groups excluding carboxylic acids is 1. The molecule has 3 rings (SSSR count).